The molecule has 1 unspecified atom stereocenters. The molecule has 4 heteroatoms. The van der Waals surface area contributed by atoms with E-state index >= 15 is 0 Å². The molecule has 1 aliphatic rings. The predicted octanol–water partition coefficient (Wildman–Crippen LogP) is 0.0429. The van der Waals surface area contributed by atoms with Gasteiger partial charge in [0.25, 0.3) is 0 Å². The summed E-state index contributed by atoms with van der Waals surface area (Å²) in [5.74, 6) is 0.0178. The smallest absolute Gasteiger partial charge is 0.228 e. The van der Waals surface area contributed by atoms with E-state index in [-0.39, 0.29) is 11.8 Å². The van der Waals surface area contributed by atoms with Gasteiger partial charge in [0, 0.05) is 11.8 Å². The number of carbonyl (C=O) groups is 1. The maximum absolute atomic E-state index is 10.9. The number of fused-ring (bicyclic) bond motifs is 1. The Morgan fingerprint density at radius 2 is 2.58 bits per heavy atom. The summed E-state index contributed by atoms with van der Waals surface area (Å²) in [6.07, 6.45) is 3.22. The highest BCUT2D eigenvalue weighted by Gasteiger charge is 2.28. The minimum atomic E-state index is -0.347. The zero-order valence-corrected chi connectivity index (χ0v) is 6.36. The van der Waals surface area contributed by atoms with Crippen molar-refractivity contribution in [2.75, 3.05) is 6.61 Å². The number of amides is 1. The van der Waals surface area contributed by atoms with E-state index in [1.807, 2.05) is 0 Å². The third-order valence-electron chi connectivity index (χ3n) is 1.94. The van der Waals surface area contributed by atoms with Gasteiger partial charge in [-0.15, -0.1) is 0 Å². The van der Waals surface area contributed by atoms with Crippen LogP contribution in [-0.4, -0.2) is 17.5 Å². The van der Waals surface area contributed by atoms with E-state index in [9.17, 15) is 4.79 Å². The number of rotatable bonds is 1. The van der Waals surface area contributed by atoms with Crippen LogP contribution in [0, 0.1) is 0 Å². The fourth-order valence-corrected chi connectivity index (χ4v) is 1.30. The number of aromatic nitrogens is 1. The van der Waals surface area contributed by atoms with Crippen molar-refractivity contribution < 1.29 is 9.53 Å². The summed E-state index contributed by atoms with van der Waals surface area (Å²) in [7, 11) is 0. The highest BCUT2D eigenvalue weighted by molar-refractivity contribution is 5.83. The molecule has 0 aliphatic carbocycles. The number of carbonyl (C=O) groups excluding carboxylic acids is 1. The van der Waals surface area contributed by atoms with E-state index in [0.717, 1.165) is 5.56 Å². The first-order chi connectivity index (χ1) is 5.79. The van der Waals surface area contributed by atoms with E-state index in [1.165, 1.54) is 0 Å². The van der Waals surface area contributed by atoms with Crippen LogP contribution in [0.1, 0.15) is 11.5 Å². The lowest BCUT2D eigenvalue weighted by Gasteiger charge is -2.00. The van der Waals surface area contributed by atoms with Crippen molar-refractivity contribution in [3.8, 4) is 5.75 Å². The summed E-state index contributed by atoms with van der Waals surface area (Å²) in [6, 6.07) is 1.76. The van der Waals surface area contributed by atoms with Gasteiger partial charge in [-0.25, -0.2) is 0 Å². The Labute approximate surface area is 69.4 Å². The largest absolute Gasteiger partial charge is 0.490 e. The Hall–Kier alpha value is -1.58. The summed E-state index contributed by atoms with van der Waals surface area (Å²) >= 11 is 0. The number of nitrogens with zero attached hydrogens (tertiary/aromatic N) is 1. The third kappa shape index (κ3) is 0.922. The second-order valence-electron chi connectivity index (χ2n) is 2.68. The van der Waals surface area contributed by atoms with Crippen molar-refractivity contribution in [3.63, 3.8) is 0 Å². The van der Waals surface area contributed by atoms with Gasteiger partial charge in [0.05, 0.1) is 6.20 Å². The molecular formula is C8H8N2O2. The quantitative estimate of drug-likeness (QED) is 0.637. The van der Waals surface area contributed by atoms with Gasteiger partial charge in [-0.1, -0.05) is 0 Å². The Bertz CT molecular complexity index is 325. The number of ether oxygens (including phenoxy) is 1. The second-order valence-corrected chi connectivity index (χ2v) is 2.68. The SMILES string of the molecule is NC(=O)C1COc2cnccc21. The van der Waals surface area contributed by atoms with E-state index in [0.29, 0.717) is 12.4 Å². The molecule has 1 aromatic rings. The Morgan fingerprint density at radius 1 is 1.75 bits per heavy atom. The Balaban J connectivity index is 2.42. The van der Waals surface area contributed by atoms with Crippen LogP contribution in [0.2, 0.25) is 0 Å². The molecule has 2 rings (SSSR count). The van der Waals surface area contributed by atoms with Gasteiger partial charge in [-0.05, 0) is 6.07 Å². The number of primary amides is 1. The average molecular weight is 164 g/mol. The summed E-state index contributed by atoms with van der Waals surface area (Å²) in [5.41, 5.74) is 6.02. The lowest BCUT2D eigenvalue weighted by Crippen LogP contribution is -2.22. The number of pyridine rings is 1. The molecule has 2 heterocycles. The minimum Gasteiger partial charge on any atom is -0.490 e. The Morgan fingerprint density at radius 3 is 3.33 bits per heavy atom. The van der Waals surface area contributed by atoms with Gasteiger partial charge < -0.3 is 10.5 Å². The standard InChI is InChI=1S/C8H8N2O2/c9-8(11)6-4-12-7-3-10-2-1-5(6)7/h1-3,6H,4H2,(H2,9,11). The van der Waals surface area contributed by atoms with E-state index in [1.54, 1.807) is 18.5 Å². The molecule has 62 valence electrons. The fourth-order valence-electron chi connectivity index (χ4n) is 1.30. The zero-order valence-electron chi connectivity index (χ0n) is 6.36. The predicted molar refractivity (Wildman–Crippen MR) is 41.7 cm³/mol. The van der Waals surface area contributed by atoms with Crippen LogP contribution < -0.4 is 10.5 Å². The summed E-state index contributed by atoms with van der Waals surface area (Å²) < 4.78 is 5.21. The number of hydrogen-bond acceptors (Lipinski definition) is 3. The van der Waals surface area contributed by atoms with Crippen molar-refractivity contribution in [2.45, 2.75) is 5.92 Å². The fraction of sp³-hybridized carbons (Fsp3) is 0.250. The maximum Gasteiger partial charge on any atom is 0.228 e. The summed E-state index contributed by atoms with van der Waals surface area (Å²) in [4.78, 5) is 14.8. The molecule has 0 spiro atoms. The van der Waals surface area contributed by atoms with Crippen LogP contribution in [0.4, 0.5) is 0 Å². The lowest BCUT2D eigenvalue weighted by atomic mass is 10.0. The van der Waals surface area contributed by atoms with Gasteiger partial charge >= 0.3 is 0 Å². The van der Waals surface area contributed by atoms with Crippen molar-refractivity contribution in [1.29, 1.82) is 0 Å². The van der Waals surface area contributed by atoms with Gasteiger partial charge in [0.1, 0.15) is 18.3 Å². The van der Waals surface area contributed by atoms with Crippen molar-refractivity contribution in [2.24, 2.45) is 5.73 Å². The molecule has 0 fully saturated rings. The first kappa shape index (κ1) is 7.09. The lowest BCUT2D eigenvalue weighted by molar-refractivity contribution is -0.119. The first-order valence-corrected chi connectivity index (χ1v) is 3.65. The van der Waals surface area contributed by atoms with Gasteiger partial charge in [0.15, 0.2) is 0 Å². The highest BCUT2D eigenvalue weighted by atomic mass is 16.5. The third-order valence-corrected chi connectivity index (χ3v) is 1.94. The van der Waals surface area contributed by atoms with E-state index in [2.05, 4.69) is 4.98 Å². The van der Waals surface area contributed by atoms with E-state index < -0.39 is 0 Å². The first-order valence-electron chi connectivity index (χ1n) is 3.65. The van der Waals surface area contributed by atoms with Crippen LogP contribution in [-0.2, 0) is 4.79 Å². The molecule has 1 aliphatic heterocycles. The van der Waals surface area contributed by atoms with E-state index in [4.69, 9.17) is 10.5 Å². The molecule has 0 bridgehead atoms. The molecule has 0 radical (unpaired) electrons. The molecule has 12 heavy (non-hydrogen) atoms. The van der Waals surface area contributed by atoms with Crippen LogP contribution in [0.5, 0.6) is 5.75 Å². The molecule has 1 atom stereocenters. The van der Waals surface area contributed by atoms with Crippen LogP contribution in [0.25, 0.3) is 0 Å². The zero-order chi connectivity index (χ0) is 8.55. The molecule has 0 aromatic carbocycles. The number of hydrogen-bond donors (Lipinski definition) is 1. The Kier molecular flexibility index (Phi) is 1.46. The second kappa shape index (κ2) is 2.48. The topological polar surface area (TPSA) is 65.2 Å². The maximum atomic E-state index is 10.9. The van der Waals surface area contributed by atoms with Crippen LogP contribution in [0.3, 0.4) is 0 Å². The van der Waals surface area contributed by atoms with Crippen molar-refractivity contribution >= 4 is 5.91 Å². The molecule has 0 saturated heterocycles. The van der Waals surface area contributed by atoms with Gasteiger partial charge in [-0.2, -0.15) is 0 Å². The molecule has 0 saturated carbocycles. The number of nitrogens with two attached hydrogens (primary N) is 1. The molecule has 2 N–H and O–H groups in total. The molecule has 4 nitrogen and oxygen atoms in total. The van der Waals surface area contributed by atoms with Gasteiger partial charge in [0.2, 0.25) is 5.91 Å². The molecule has 1 amide bonds. The monoisotopic (exact) mass is 164 g/mol. The van der Waals surface area contributed by atoms with Crippen molar-refractivity contribution in [3.05, 3.63) is 24.0 Å². The normalized spacial score (nSPS) is 19.8. The van der Waals surface area contributed by atoms with Gasteiger partial charge in [-0.3, -0.25) is 9.78 Å². The van der Waals surface area contributed by atoms with Crippen molar-refractivity contribution in [1.82, 2.24) is 4.98 Å². The molecular weight excluding hydrogens is 156 g/mol. The minimum absolute atomic E-state index is 0.303. The average Bonchev–Trinajstić information content (AvgIpc) is 2.47. The van der Waals surface area contributed by atoms with Crippen LogP contribution >= 0.6 is 0 Å². The molecule has 1 aromatic heterocycles. The summed E-state index contributed by atoms with van der Waals surface area (Å²) in [6.45, 7) is 0.344. The highest BCUT2D eigenvalue weighted by Crippen LogP contribution is 2.31. The summed E-state index contributed by atoms with van der Waals surface area (Å²) in [5, 5.41) is 0. The van der Waals surface area contributed by atoms with Crippen LogP contribution in [0.15, 0.2) is 18.5 Å².